The molecule has 6 nitrogen and oxygen atoms in total. The van der Waals surface area contributed by atoms with Crippen molar-refractivity contribution in [3.63, 3.8) is 0 Å². The van der Waals surface area contributed by atoms with E-state index < -0.39 is 5.97 Å². The molecule has 0 saturated carbocycles. The Morgan fingerprint density at radius 1 is 1.23 bits per heavy atom. The summed E-state index contributed by atoms with van der Waals surface area (Å²) < 4.78 is 26.9. The number of esters is 1. The molecule has 1 aliphatic heterocycles. The fraction of sp³-hybridized carbons (Fsp3) is 0.316. The lowest BCUT2D eigenvalue weighted by Crippen LogP contribution is -2.14. The number of rotatable bonds is 6. The highest BCUT2D eigenvalue weighted by Crippen LogP contribution is 2.33. The number of carbonyl (C=O) groups excluding carboxylic acids is 1. The van der Waals surface area contributed by atoms with Crippen LogP contribution < -0.4 is 14.2 Å². The zero-order valence-corrected chi connectivity index (χ0v) is 15.3. The first-order valence-corrected chi connectivity index (χ1v) is 8.50. The molecule has 1 heterocycles. The second kappa shape index (κ2) is 8.29. The van der Waals surface area contributed by atoms with Gasteiger partial charge in [-0.3, -0.25) is 0 Å². The summed E-state index contributed by atoms with van der Waals surface area (Å²) in [4.78, 5) is 12.4. The normalized spacial score (nSPS) is 12.7. The molecule has 26 heavy (non-hydrogen) atoms. The van der Waals surface area contributed by atoms with Crippen LogP contribution in [0, 0.1) is 0 Å². The van der Waals surface area contributed by atoms with Gasteiger partial charge in [-0.2, -0.15) is 0 Å². The number of halogens is 1. The molecule has 3 rings (SSSR count). The summed E-state index contributed by atoms with van der Waals surface area (Å²) in [6, 6.07) is 8.39. The van der Waals surface area contributed by atoms with Gasteiger partial charge in [0.2, 0.25) is 0 Å². The van der Waals surface area contributed by atoms with E-state index in [1.807, 2.05) is 6.92 Å². The maximum atomic E-state index is 12.4. The Morgan fingerprint density at radius 3 is 2.85 bits per heavy atom. The first kappa shape index (κ1) is 18.4. The SMILES string of the molecule is CCOc1cc(C(=O)OCc2cc(Cl)cc3c2OCOC3)ccc1OC. The molecule has 2 aromatic rings. The van der Waals surface area contributed by atoms with Gasteiger partial charge in [0.05, 0.1) is 25.9 Å². The molecule has 0 atom stereocenters. The van der Waals surface area contributed by atoms with E-state index in [1.165, 1.54) is 0 Å². The van der Waals surface area contributed by atoms with Crippen LogP contribution in [0.5, 0.6) is 17.2 Å². The minimum atomic E-state index is -0.477. The standard InChI is InChI=1S/C19H19ClO6/c1-3-24-17-8-12(4-5-16(17)22-2)19(21)25-10-14-7-15(20)6-13-9-23-11-26-18(13)14/h4-8H,3,9-11H2,1-2H3. The third-order valence-corrected chi connectivity index (χ3v) is 4.03. The van der Waals surface area contributed by atoms with Gasteiger partial charge in [0.25, 0.3) is 0 Å². The number of methoxy groups -OCH3 is 1. The fourth-order valence-electron chi connectivity index (χ4n) is 2.66. The molecule has 0 spiro atoms. The lowest BCUT2D eigenvalue weighted by Gasteiger charge is -2.21. The second-order valence-corrected chi connectivity index (χ2v) is 5.98. The lowest BCUT2D eigenvalue weighted by molar-refractivity contribution is -0.0180. The van der Waals surface area contributed by atoms with Crippen molar-refractivity contribution in [1.29, 1.82) is 0 Å². The Hall–Kier alpha value is -2.44. The van der Waals surface area contributed by atoms with E-state index in [-0.39, 0.29) is 13.4 Å². The number of hydrogen-bond acceptors (Lipinski definition) is 6. The summed E-state index contributed by atoms with van der Waals surface area (Å²) in [5, 5.41) is 0.534. The van der Waals surface area contributed by atoms with Crippen LogP contribution in [-0.2, 0) is 22.7 Å². The zero-order chi connectivity index (χ0) is 18.5. The van der Waals surface area contributed by atoms with Crippen molar-refractivity contribution in [2.24, 2.45) is 0 Å². The summed E-state index contributed by atoms with van der Waals surface area (Å²) in [6.07, 6.45) is 0. The van der Waals surface area contributed by atoms with Crippen molar-refractivity contribution in [2.45, 2.75) is 20.1 Å². The summed E-state index contributed by atoms with van der Waals surface area (Å²) in [5.41, 5.74) is 1.90. The number of hydrogen-bond donors (Lipinski definition) is 0. The van der Waals surface area contributed by atoms with Gasteiger partial charge in [0.15, 0.2) is 18.3 Å². The summed E-state index contributed by atoms with van der Waals surface area (Å²) >= 11 is 6.12. The molecule has 1 aliphatic rings. The first-order valence-electron chi connectivity index (χ1n) is 8.12. The molecule has 0 aromatic heterocycles. The van der Waals surface area contributed by atoms with Crippen molar-refractivity contribution in [2.75, 3.05) is 20.5 Å². The van der Waals surface area contributed by atoms with E-state index in [4.69, 9.17) is 35.3 Å². The molecule has 0 unspecified atom stereocenters. The average Bonchev–Trinajstić information content (AvgIpc) is 2.66. The van der Waals surface area contributed by atoms with Crippen LogP contribution in [0.1, 0.15) is 28.4 Å². The van der Waals surface area contributed by atoms with E-state index >= 15 is 0 Å². The van der Waals surface area contributed by atoms with Gasteiger partial charge in [0, 0.05) is 16.1 Å². The molecule has 0 fully saturated rings. The molecule has 2 aromatic carbocycles. The van der Waals surface area contributed by atoms with E-state index in [2.05, 4.69) is 0 Å². The van der Waals surface area contributed by atoms with Crippen molar-refractivity contribution < 1.29 is 28.5 Å². The van der Waals surface area contributed by atoms with Crippen LogP contribution in [0.3, 0.4) is 0 Å². The van der Waals surface area contributed by atoms with Crippen LogP contribution in [-0.4, -0.2) is 26.5 Å². The van der Waals surface area contributed by atoms with E-state index in [9.17, 15) is 4.79 Å². The maximum Gasteiger partial charge on any atom is 0.338 e. The van der Waals surface area contributed by atoms with Crippen LogP contribution in [0.4, 0.5) is 0 Å². The lowest BCUT2D eigenvalue weighted by atomic mass is 10.1. The van der Waals surface area contributed by atoms with Crippen molar-refractivity contribution in [1.82, 2.24) is 0 Å². The Morgan fingerprint density at radius 2 is 2.08 bits per heavy atom. The van der Waals surface area contributed by atoms with Gasteiger partial charge in [-0.1, -0.05) is 11.6 Å². The highest BCUT2D eigenvalue weighted by Gasteiger charge is 2.18. The van der Waals surface area contributed by atoms with Gasteiger partial charge < -0.3 is 23.7 Å². The molecule has 0 saturated heterocycles. The molecule has 7 heteroatoms. The predicted octanol–water partition coefficient (Wildman–Crippen LogP) is 3.97. The minimum absolute atomic E-state index is 0.0394. The summed E-state index contributed by atoms with van der Waals surface area (Å²) in [6.45, 7) is 2.93. The number of carbonyl (C=O) groups is 1. The largest absolute Gasteiger partial charge is 0.493 e. The second-order valence-electron chi connectivity index (χ2n) is 5.54. The van der Waals surface area contributed by atoms with E-state index in [1.54, 1.807) is 37.4 Å². The Bertz CT molecular complexity index is 805. The molecule has 0 N–H and O–H groups in total. The Labute approximate surface area is 156 Å². The number of benzene rings is 2. The zero-order valence-electron chi connectivity index (χ0n) is 14.5. The fourth-order valence-corrected chi connectivity index (χ4v) is 2.93. The molecule has 0 aliphatic carbocycles. The Kier molecular flexibility index (Phi) is 5.85. The van der Waals surface area contributed by atoms with Gasteiger partial charge in [-0.05, 0) is 37.3 Å². The van der Waals surface area contributed by atoms with Crippen LogP contribution in [0.2, 0.25) is 5.02 Å². The van der Waals surface area contributed by atoms with E-state index in [0.717, 1.165) is 5.56 Å². The molecule has 138 valence electrons. The monoisotopic (exact) mass is 378 g/mol. The topological polar surface area (TPSA) is 63.2 Å². The smallest absolute Gasteiger partial charge is 0.338 e. The minimum Gasteiger partial charge on any atom is -0.493 e. The van der Waals surface area contributed by atoms with Crippen molar-refractivity contribution >= 4 is 17.6 Å². The molecular weight excluding hydrogens is 360 g/mol. The van der Waals surface area contributed by atoms with Crippen LogP contribution in [0.15, 0.2) is 30.3 Å². The number of fused-ring (bicyclic) bond motifs is 1. The van der Waals surface area contributed by atoms with Crippen LogP contribution in [0.25, 0.3) is 0 Å². The average molecular weight is 379 g/mol. The molecule has 0 amide bonds. The number of ether oxygens (including phenoxy) is 5. The van der Waals surface area contributed by atoms with Crippen molar-refractivity contribution in [3.8, 4) is 17.2 Å². The third kappa shape index (κ3) is 4.03. The quantitative estimate of drug-likeness (QED) is 0.709. The Balaban J connectivity index is 1.75. The van der Waals surface area contributed by atoms with Crippen molar-refractivity contribution in [3.05, 3.63) is 52.0 Å². The van der Waals surface area contributed by atoms with Gasteiger partial charge in [0.1, 0.15) is 12.4 Å². The first-order chi connectivity index (χ1) is 12.6. The van der Waals surface area contributed by atoms with E-state index in [0.29, 0.717) is 46.6 Å². The highest BCUT2D eigenvalue weighted by atomic mass is 35.5. The van der Waals surface area contributed by atoms with Crippen LogP contribution >= 0.6 is 11.6 Å². The highest BCUT2D eigenvalue weighted by molar-refractivity contribution is 6.30. The van der Waals surface area contributed by atoms with Gasteiger partial charge in [-0.25, -0.2) is 4.79 Å². The third-order valence-electron chi connectivity index (χ3n) is 3.81. The maximum absolute atomic E-state index is 12.4. The summed E-state index contributed by atoms with van der Waals surface area (Å²) in [5.74, 6) is 1.22. The summed E-state index contributed by atoms with van der Waals surface area (Å²) in [7, 11) is 1.54. The molecule has 0 bridgehead atoms. The predicted molar refractivity (Wildman–Crippen MR) is 95.0 cm³/mol. The molecule has 0 radical (unpaired) electrons. The molecular formula is C19H19ClO6. The van der Waals surface area contributed by atoms with Gasteiger partial charge in [-0.15, -0.1) is 0 Å². The van der Waals surface area contributed by atoms with Gasteiger partial charge >= 0.3 is 5.97 Å².